The highest BCUT2D eigenvalue weighted by molar-refractivity contribution is 5.89. The van der Waals surface area contributed by atoms with Crippen LogP contribution in [0, 0.1) is 0 Å². The molecule has 0 saturated carbocycles. The second kappa shape index (κ2) is 13.6. The van der Waals surface area contributed by atoms with Gasteiger partial charge in [0, 0.05) is 63.5 Å². The minimum absolute atomic E-state index is 0.130. The molecule has 3 aromatic carbocycles. The van der Waals surface area contributed by atoms with Gasteiger partial charge in [-0.3, -0.25) is 4.90 Å². The maximum absolute atomic E-state index is 13.5. The standard InChI is InChI=1S/C31H38N4O2/c1-25(23-34-20-17-32-18-21-34)24-35(31(36)33-28-14-9-15-29(22-28)37-2)19-16-30(26-10-5-3-6-11-26)27-12-7-4-8-13-27/h3-15,22,30,32H,1,16-21,23-24H2,2H3,(H,33,36). The van der Waals surface area contributed by atoms with Crippen molar-refractivity contribution in [1.29, 1.82) is 0 Å². The van der Waals surface area contributed by atoms with Crippen molar-refractivity contribution in [1.82, 2.24) is 15.1 Å². The smallest absolute Gasteiger partial charge is 0.322 e. The van der Waals surface area contributed by atoms with Gasteiger partial charge < -0.3 is 20.3 Å². The van der Waals surface area contributed by atoms with Gasteiger partial charge >= 0.3 is 6.03 Å². The zero-order valence-electron chi connectivity index (χ0n) is 21.7. The molecule has 1 aliphatic rings. The summed E-state index contributed by atoms with van der Waals surface area (Å²) >= 11 is 0. The second-order valence-electron chi connectivity index (χ2n) is 9.52. The molecular weight excluding hydrogens is 460 g/mol. The first kappa shape index (κ1) is 26.5. The molecule has 1 aliphatic heterocycles. The Labute approximate surface area is 220 Å². The monoisotopic (exact) mass is 498 g/mol. The molecule has 1 fully saturated rings. The van der Waals surface area contributed by atoms with Crippen LogP contribution in [0.15, 0.2) is 97.1 Å². The zero-order chi connectivity index (χ0) is 25.9. The van der Waals surface area contributed by atoms with E-state index >= 15 is 0 Å². The van der Waals surface area contributed by atoms with E-state index in [0.29, 0.717) is 24.5 Å². The number of hydrogen-bond acceptors (Lipinski definition) is 4. The van der Waals surface area contributed by atoms with Crippen LogP contribution in [0.1, 0.15) is 23.5 Å². The zero-order valence-corrected chi connectivity index (χ0v) is 21.7. The Morgan fingerprint density at radius 3 is 2.27 bits per heavy atom. The van der Waals surface area contributed by atoms with Gasteiger partial charge in [0.05, 0.1) is 7.11 Å². The fourth-order valence-electron chi connectivity index (χ4n) is 4.84. The predicted octanol–water partition coefficient (Wildman–Crippen LogP) is 5.21. The van der Waals surface area contributed by atoms with Crippen molar-refractivity contribution >= 4 is 11.7 Å². The number of urea groups is 1. The van der Waals surface area contributed by atoms with Crippen LogP contribution in [-0.4, -0.2) is 68.8 Å². The van der Waals surface area contributed by atoms with Crippen molar-refractivity contribution in [2.24, 2.45) is 0 Å². The molecule has 0 aliphatic carbocycles. The van der Waals surface area contributed by atoms with Crippen LogP contribution >= 0.6 is 0 Å². The van der Waals surface area contributed by atoms with Gasteiger partial charge in [0.15, 0.2) is 0 Å². The first-order valence-electron chi connectivity index (χ1n) is 13.0. The number of rotatable bonds is 11. The topological polar surface area (TPSA) is 56.8 Å². The lowest BCUT2D eigenvalue weighted by Gasteiger charge is -2.31. The first-order chi connectivity index (χ1) is 18.1. The van der Waals surface area contributed by atoms with Gasteiger partial charge in [0.1, 0.15) is 5.75 Å². The van der Waals surface area contributed by atoms with Gasteiger partial charge in [-0.15, -0.1) is 0 Å². The average Bonchev–Trinajstić information content (AvgIpc) is 2.94. The Bertz CT molecular complexity index is 1090. The fraction of sp³-hybridized carbons (Fsp3) is 0.323. The van der Waals surface area contributed by atoms with Crippen molar-refractivity contribution in [2.75, 3.05) is 58.2 Å². The van der Waals surface area contributed by atoms with E-state index in [2.05, 4.69) is 70.6 Å². The summed E-state index contributed by atoms with van der Waals surface area (Å²) in [7, 11) is 1.63. The van der Waals surface area contributed by atoms with E-state index in [1.165, 1.54) is 11.1 Å². The molecule has 2 amide bonds. The number of carbonyl (C=O) groups is 1. The van der Waals surface area contributed by atoms with Gasteiger partial charge in [0.25, 0.3) is 0 Å². The summed E-state index contributed by atoms with van der Waals surface area (Å²) < 4.78 is 5.33. The molecule has 0 aromatic heterocycles. The molecule has 2 N–H and O–H groups in total. The summed E-state index contributed by atoms with van der Waals surface area (Å²) in [6.07, 6.45) is 0.806. The number of anilines is 1. The van der Waals surface area contributed by atoms with Crippen LogP contribution in [0.4, 0.5) is 10.5 Å². The van der Waals surface area contributed by atoms with E-state index < -0.39 is 0 Å². The van der Waals surface area contributed by atoms with E-state index in [0.717, 1.165) is 44.7 Å². The molecule has 1 saturated heterocycles. The van der Waals surface area contributed by atoms with Crippen molar-refractivity contribution in [2.45, 2.75) is 12.3 Å². The third-order valence-corrected chi connectivity index (χ3v) is 6.77. The number of nitrogens with one attached hydrogen (secondary N) is 2. The Kier molecular flexibility index (Phi) is 9.74. The Morgan fingerprint density at radius 1 is 1.00 bits per heavy atom. The Hall–Kier alpha value is -3.61. The number of carbonyl (C=O) groups excluding carboxylic acids is 1. The maximum atomic E-state index is 13.5. The molecule has 4 rings (SSSR count). The number of piperazine rings is 1. The molecular formula is C31H38N4O2. The lowest BCUT2D eigenvalue weighted by molar-refractivity contribution is 0.210. The van der Waals surface area contributed by atoms with Gasteiger partial charge in [-0.2, -0.15) is 0 Å². The second-order valence-corrected chi connectivity index (χ2v) is 9.52. The summed E-state index contributed by atoms with van der Waals surface area (Å²) in [5.74, 6) is 0.900. The number of benzene rings is 3. The highest BCUT2D eigenvalue weighted by Crippen LogP contribution is 2.28. The molecule has 37 heavy (non-hydrogen) atoms. The third kappa shape index (κ3) is 7.94. The number of amides is 2. The van der Waals surface area contributed by atoms with Gasteiger partial charge in [-0.1, -0.05) is 73.3 Å². The van der Waals surface area contributed by atoms with E-state index in [1.807, 2.05) is 41.3 Å². The SMILES string of the molecule is C=C(CN1CCNCC1)CN(CCC(c1ccccc1)c1ccccc1)C(=O)Nc1cccc(OC)c1. The summed E-state index contributed by atoms with van der Waals surface area (Å²) in [6.45, 7) is 10.2. The lowest BCUT2D eigenvalue weighted by atomic mass is 9.88. The summed E-state index contributed by atoms with van der Waals surface area (Å²) in [5, 5.41) is 6.46. The lowest BCUT2D eigenvalue weighted by Crippen LogP contribution is -2.45. The Morgan fingerprint density at radius 2 is 1.65 bits per heavy atom. The van der Waals surface area contributed by atoms with E-state index in [9.17, 15) is 4.79 Å². The third-order valence-electron chi connectivity index (χ3n) is 6.77. The number of hydrogen-bond donors (Lipinski definition) is 2. The summed E-state index contributed by atoms with van der Waals surface area (Å²) in [5.41, 5.74) is 4.26. The first-order valence-corrected chi connectivity index (χ1v) is 13.0. The number of nitrogens with zero attached hydrogens (tertiary/aromatic N) is 2. The summed E-state index contributed by atoms with van der Waals surface area (Å²) in [6, 6.07) is 28.4. The van der Waals surface area contributed by atoms with Gasteiger partial charge in [0.2, 0.25) is 0 Å². The Balaban J connectivity index is 1.50. The number of ether oxygens (including phenoxy) is 1. The van der Waals surface area contributed by atoms with Crippen LogP contribution < -0.4 is 15.4 Å². The van der Waals surface area contributed by atoms with E-state index in [-0.39, 0.29) is 11.9 Å². The highest BCUT2D eigenvalue weighted by atomic mass is 16.5. The van der Waals surface area contributed by atoms with Gasteiger partial charge in [-0.05, 0) is 35.3 Å². The molecule has 0 bridgehead atoms. The molecule has 6 heteroatoms. The van der Waals surface area contributed by atoms with Crippen LogP contribution in [0.2, 0.25) is 0 Å². The fourth-order valence-corrected chi connectivity index (χ4v) is 4.84. The highest BCUT2D eigenvalue weighted by Gasteiger charge is 2.21. The number of methoxy groups -OCH3 is 1. The van der Waals surface area contributed by atoms with E-state index in [1.54, 1.807) is 7.11 Å². The molecule has 1 heterocycles. The van der Waals surface area contributed by atoms with Gasteiger partial charge in [-0.25, -0.2) is 4.79 Å². The largest absolute Gasteiger partial charge is 0.497 e. The van der Waals surface area contributed by atoms with Crippen molar-refractivity contribution in [3.63, 3.8) is 0 Å². The molecule has 0 spiro atoms. The molecule has 0 atom stereocenters. The average molecular weight is 499 g/mol. The molecule has 6 nitrogen and oxygen atoms in total. The molecule has 3 aromatic rings. The minimum Gasteiger partial charge on any atom is -0.497 e. The molecule has 0 radical (unpaired) electrons. The molecule has 0 unspecified atom stereocenters. The van der Waals surface area contributed by atoms with Crippen LogP contribution in [-0.2, 0) is 0 Å². The normalized spacial score (nSPS) is 13.8. The van der Waals surface area contributed by atoms with Crippen LogP contribution in [0.3, 0.4) is 0 Å². The van der Waals surface area contributed by atoms with Crippen molar-refractivity contribution < 1.29 is 9.53 Å². The molecule has 194 valence electrons. The minimum atomic E-state index is -0.130. The summed E-state index contributed by atoms with van der Waals surface area (Å²) in [4.78, 5) is 17.8. The van der Waals surface area contributed by atoms with Crippen molar-refractivity contribution in [3.8, 4) is 5.75 Å². The maximum Gasteiger partial charge on any atom is 0.322 e. The van der Waals surface area contributed by atoms with Crippen LogP contribution in [0.5, 0.6) is 5.75 Å². The van der Waals surface area contributed by atoms with Crippen LogP contribution in [0.25, 0.3) is 0 Å². The predicted molar refractivity (Wildman–Crippen MR) is 151 cm³/mol. The van der Waals surface area contributed by atoms with Crippen molar-refractivity contribution in [3.05, 3.63) is 108 Å². The van der Waals surface area contributed by atoms with E-state index in [4.69, 9.17) is 4.74 Å². The quantitative estimate of drug-likeness (QED) is 0.356.